The fraction of sp³-hybridized carbons (Fsp3) is 0.625. The van der Waals surface area contributed by atoms with Crippen LogP contribution in [0.25, 0.3) is 0 Å². The van der Waals surface area contributed by atoms with Crippen molar-refractivity contribution in [2.45, 2.75) is 30.1 Å². The number of nitrogens with two attached hydrogens (primary N) is 1. The summed E-state index contributed by atoms with van der Waals surface area (Å²) in [5.74, 6) is 1.60. The Morgan fingerprint density at radius 2 is 2.43 bits per heavy atom. The van der Waals surface area contributed by atoms with Gasteiger partial charge < -0.3 is 5.73 Å². The molecule has 1 atom stereocenters. The summed E-state index contributed by atoms with van der Waals surface area (Å²) in [5, 5.41) is 8.69. The van der Waals surface area contributed by atoms with Crippen LogP contribution in [0.2, 0.25) is 0 Å². The summed E-state index contributed by atoms with van der Waals surface area (Å²) in [4.78, 5) is 4.20. The molecule has 0 bridgehead atoms. The van der Waals surface area contributed by atoms with Gasteiger partial charge in [0.1, 0.15) is 11.4 Å². The second kappa shape index (κ2) is 4.73. The summed E-state index contributed by atoms with van der Waals surface area (Å²) in [6.07, 6.45) is 0.660. The third kappa shape index (κ3) is 3.62. The second-order valence-corrected chi connectivity index (χ2v) is 5.33. The highest BCUT2D eigenvalue weighted by molar-refractivity contribution is 8.00. The van der Waals surface area contributed by atoms with E-state index in [1.165, 1.54) is 11.5 Å². The molecule has 0 aromatic carbocycles. The Labute approximate surface area is 91.7 Å². The van der Waals surface area contributed by atoms with Gasteiger partial charge in [0.2, 0.25) is 0 Å². The molecule has 1 aromatic rings. The number of aryl methyl sites for hydroxylation is 1. The first-order chi connectivity index (χ1) is 6.53. The van der Waals surface area contributed by atoms with Crippen molar-refractivity contribution >= 4 is 23.3 Å². The smallest absolute Gasteiger partial charge is 0.170 e. The van der Waals surface area contributed by atoms with Gasteiger partial charge in [-0.25, -0.2) is 4.98 Å². The molecule has 0 spiro atoms. The minimum absolute atomic E-state index is 0.660. The van der Waals surface area contributed by atoms with E-state index in [1.807, 2.05) is 6.92 Å². The van der Waals surface area contributed by atoms with Gasteiger partial charge >= 0.3 is 0 Å². The lowest BCUT2D eigenvalue weighted by Crippen LogP contribution is -2.34. The van der Waals surface area contributed by atoms with Crippen LogP contribution in [-0.2, 0) is 0 Å². The molecule has 1 unspecified atom stereocenters. The van der Waals surface area contributed by atoms with Gasteiger partial charge in [0.05, 0.1) is 6.07 Å². The minimum atomic E-state index is -0.729. The summed E-state index contributed by atoms with van der Waals surface area (Å²) in [7, 11) is 0. The molecule has 0 saturated carbocycles. The van der Waals surface area contributed by atoms with Gasteiger partial charge in [0.15, 0.2) is 4.34 Å². The van der Waals surface area contributed by atoms with Crippen LogP contribution >= 0.6 is 23.3 Å². The summed E-state index contributed by atoms with van der Waals surface area (Å²) < 4.78 is 5.01. The first-order valence-electron chi connectivity index (χ1n) is 4.17. The van der Waals surface area contributed by atoms with Crippen LogP contribution in [-0.4, -0.2) is 20.6 Å². The Kier molecular flexibility index (Phi) is 3.86. The Bertz CT molecular complexity index is 339. The molecule has 0 aliphatic carbocycles. The molecular weight excluding hydrogens is 216 g/mol. The predicted molar refractivity (Wildman–Crippen MR) is 58.2 cm³/mol. The molecule has 4 nitrogen and oxygen atoms in total. The lowest BCUT2D eigenvalue weighted by atomic mass is 10.0. The van der Waals surface area contributed by atoms with Gasteiger partial charge in [-0.3, -0.25) is 0 Å². The van der Waals surface area contributed by atoms with Gasteiger partial charge in [-0.15, -0.1) is 0 Å². The molecule has 0 radical (unpaired) electrons. The fourth-order valence-electron chi connectivity index (χ4n) is 0.743. The summed E-state index contributed by atoms with van der Waals surface area (Å²) in [6, 6.07) is 2.06. The molecule has 0 saturated heterocycles. The van der Waals surface area contributed by atoms with Crippen molar-refractivity contribution in [3.63, 3.8) is 0 Å². The van der Waals surface area contributed by atoms with E-state index in [1.54, 1.807) is 18.7 Å². The van der Waals surface area contributed by atoms with E-state index in [2.05, 4.69) is 15.4 Å². The minimum Gasteiger partial charge on any atom is -0.314 e. The van der Waals surface area contributed by atoms with Crippen molar-refractivity contribution < 1.29 is 0 Å². The lowest BCUT2D eigenvalue weighted by Gasteiger charge is -2.13. The molecule has 0 aliphatic rings. The third-order valence-corrected chi connectivity index (χ3v) is 3.54. The van der Waals surface area contributed by atoms with Gasteiger partial charge in [-0.05, 0) is 31.8 Å². The molecule has 14 heavy (non-hydrogen) atoms. The lowest BCUT2D eigenvalue weighted by molar-refractivity contribution is 0.583. The molecule has 1 heterocycles. The topological polar surface area (TPSA) is 75.6 Å². The van der Waals surface area contributed by atoms with Crippen molar-refractivity contribution in [2.24, 2.45) is 5.73 Å². The highest BCUT2D eigenvalue weighted by atomic mass is 32.2. The van der Waals surface area contributed by atoms with Crippen LogP contribution in [0.3, 0.4) is 0 Å². The Morgan fingerprint density at radius 1 is 1.71 bits per heavy atom. The van der Waals surface area contributed by atoms with Crippen molar-refractivity contribution in [1.29, 1.82) is 5.26 Å². The van der Waals surface area contributed by atoms with E-state index < -0.39 is 5.54 Å². The molecular formula is C8H12N4S2. The number of hydrogen-bond acceptors (Lipinski definition) is 6. The summed E-state index contributed by atoms with van der Waals surface area (Å²) >= 11 is 2.98. The molecule has 76 valence electrons. The van der Waals surface area contributed by atoms with Gasteiger partial charge in [0.25, 0.3) is 0 Å². The second-order valence-electron chi connectivity index (χ2n) is 3.24. The number of rotatable bonds is 4. The van der Waals surface area contributed by atoms with E-state index in [0.717, 1.165) is 15.9 Å². The molecule has 1 aromatic heterocycles. The SMILES string of the molecule is Cc1nsc(SCCC(C)(N)C#N)n1. The fourth-order valence-corrected chi connectivity index (χ4v) is 2.64. The van der Waals surface area contributed by atoms with Crippen LogP contribution in [0, 0.1) is 18.3 Å². The predicted octanol–water partition coefficient (Wildman–Crippen LogP) is 1.57. The van der Waals surface area contributed by atoms with E-state index in [9.17, 15) is 0 Å². The summed E-state index contributed by atoms with van der Waals surface area (Å²) in [5.41, 5.74) is 4.95. The Morgan fingerprint density at radius 3 is 2.93 bits per heavy atom. The van der Waals surface area contributed by atoms with Crippen molar-refractivity contribution in [2.75, 3.05) is 5.75 Å². The van der Waals surface area contributed by atoms with Crippen LogP contribution < -0.4 is 5.73 Å². The first kappa shape index (κ1) is 11.4. The average molecular weight is 228 g/mol. The molecule has 1 rings (SSSR count). The monoisotopic (exact) mass is 228 g/mol. The zero-order chi connectivity index (χ0) is 10.6. The number of hydrogen-bond donors (Lipinski definition) is 1. The largest absolute Gasteiger partial charge is 0.314 e. The molecule has 6 heteroatoms. The third-order valence-electron chi connectivity index (χ3n) is 1.61. The van der Waals surface area contributed by atoms with Gasteiger partial charge in [-0.2, -0.15) is 9.64 Å². The number of nitriles is 1. The number of nitrogens with zero attached hydrogens (tertiary/aromatic N) is 3. The van der Waals surface area contributed by atoms with Crippen molar-refractivity contribution in [3.05, 3.63) is 5.82 Å². The summed E-state index contributed by atoms with van der Waals surface area (Å²) in [6.45, 7) is 3.60. The quantitative estimate of drug-likeness (QED) is 0.792. The van der Waals surface area contributed by atoms with Crippen LogP contribution in [0.4, 0.5) is 0 Å². The van der Waals surface area contributed by atoms with Gasteiger partial charge in [-0.1, -0.05) is 11.8 Å². The van der Waals surface area contributed by atoms with Crippen LogP contribution in [0.15, 0.2) is 4.34 Å². The Balaban J connectivity index is 2.33. The normalized spacial score (nSPS) is 14.7. The zero-order valence-corrected chi connectivity index (χ0v) is 9.78. The molecule has 2 N–H and O–H groups in total. The number of thioether (sulfide) groups is 1. The molecule has 0 amide bonds. The Hall–Kier alpha value is -0.640. The average Bonchev–Trinajstić information content (AvgIpc) is 2.51. The van der Waals surface area contributed by atoms with Crippen LogP contribution in [0.1, 0.15) is 19.2 Å². The van der Waals surface area contributed by atoms with E-state index in [0.29, 0.717) is 6.42 Å². The van der Waals surface area contributed by atoms with E-state index >= 15 is 0 Å². The van der Waals surface area contributed by atoms with Crippen LogP contribution in [0.5, 0.6) is 0 Å². The number of aromatic nitrogens is 2. The van der Waals surface area contributed by atoms with Gasteiger partial charge in [0, 0.05) is 5.75 Å². The maximum Gasteiger partial charge on any atom is 0.170 e. The standard InChI is InChI=1S/C8H12N4S2/c1-6-11-7(14-12-6)13-4-3-8(2,10)5-9/h3-4,10H2,1-2H3. The van der Waals surface area contributed by atoms with Crippen molar-refractivity contribution in [1.82, 2.24) is 9.36 Å². The highest BCUT2D eigenvalue weighted by Gasteiger charge is 2.16. The molecule has 0 fully saturated rings. The molecule has 0 aliphatic heterocycles. The maximum atomic E-state index is 8.69. The first-order valence-corrected chi connectivity index (χ1v) is 5.93. The zero-order valence-electron chi connectivity index (χ0n) is 8.15. The highest BCUT2D eigenvalue weighted by Crippen LogP contribution is 2.22. The maximum absolute atomic E-state index is 8.69. The van der Waals surface area contributed by atoms with E-state index in [4.69, 9.17) is 11.0 Å². The van der Waals surface area contributed by atoms with E-state index in [-0.39, 0.29) is 0 Å². The van der Waals surface area contributed by atoms with Crippen molar-refractivity contribution in [3.8, 4) is 6.07 Å².